The summed E-state index contributed by atoms with van der Waals surface area (Å²) < 4.78 is 0. The van der Waals surface area contributed by atoms with E-state index in [0.29, 0.717) is 5.41 Å². The first-order valence-electron chi connectivity index (χ1n) is 9.12. The van der Waals surface area contributed by atoms with Crippen LogP contribution < -0.4 is 5.32 Å². The van der Waals surface area contributed by atoms with E-state index in [1.54, 1.807) is 0 Å². The first kappa shape index (κ1) is 16.3. The first-order valence-corrected chi connectivity index (χ1v) is 9.12. The lowest BCUT2D eigenvalue weighted by atomic mass is 9.72. The van der Waals surface area contributed by atoms with Gasteiger partial charge in [0.05, 0.1) is 0 Å². The zero-order chi connectivity index (χ0) is 14.4. The zero-order valence-corrected chi connectivity index (χ0v) is 14.1. The molecule has 0 aromatic heterocycles. The Morgan fingerprint density at radius 1 is 1.10 bits per heavy atom. The molecular weight excluding hydrogens is 244 g/mol. The van der Waals surface area contributed by atoms with Crippen molar-refractivity contribution < 1.29 is 0 Å². The van der Waals surface area contributed by atoms with Crippen molar-refractivity contribution in [2.24, 2.45) is 11.3 Å². The van der Waals surface area contributed by atoms with Gasteiger partial charge >= 0.3 is 0 Å². The van der Waals surface area contributed by atoms with Crippen molar-refractivity contribution in [2.75, 3.05) is 26.2 Å². The Morgan fingerprint density at radius 3 is 2.55 bits per heavy atom. The zero-order valence-electron chi connectivity index (χ0n) is 14.1. The minimum atomic E-state index is 0.568. The molecule has 1 heterocycles. The molecule has 118 valence electrons. The van der Waals surface area contributed by atoms with Crippen molar-refractivity contribution in [3.8, 4) is 0 Å². The SMILES string of the molecule is CCCNCC1(CN2CCCC(C)C2C)CCCCC1. The minimum Gasteiger partial charge on any atom is -0.316 e. The highest BCUT2D eigenvalue weighted by molar-refractivity contribution is 4.91. The fourth-order valence-electron chi connectivity index (χ4n) is 4.30. The van der Waals surface area contributed by atoms with Crippen LogP contribution in [-0.2, 0) is 0 Å². The average Bonchev–Trinajstić information content (AvgIpc) is 2.45. The van der Waals surface area contributed by atoms with E-state index in [0.717, 1.165) is 12.0 Å². The Balaban J connectivity index is 1.95. The minimum absolute atomic E-state index is 0.568. The smallest absolute Gasteiger partial charge is 0.00928 e. The van der Waals surface area contributed by atoms with Gasteiger partial charge < -0.3 is 5.32 Å². The molecule has 2 unspecified atom stereocenters. The fourth-order valence-corrected chi connectivity index (χ4v) is 4.30. The monoisotopic (exact) mass is 280 g/mol. The van der Waals surface area contributed by atoms with Crippen LogP contribution in [0.2, 0.25) is 0 Å². The van der Waals surface area contributed by atoms with Crippen LogP contribution in [-0.4, -0.2) is 37.1 Å². The molecule has 2 nitrogen and oxygen atoms in total. The maximum atomic E-state index is 3.73. The molecule has 2 atom stereocenters. The second-order valence-corrected chi connectivity index (χ2v) is 7.57. The molecule has 1 saturated heterocycles. The summed E-state index contributed by atoms with van der Waals surface area (Å²) in [7, 11) is 0. The molecule has 0 spiro atoms. The predicted octanol–water partition coefficient (Wildman–Crippen LogP) is 4.06. The second-order valence-electron chi connectivity index (χ2n) is 7.57. The third kappa shape index (κ3) is 4.21. The summed E-state index contributed by atoms with van der Waals surface area (Å²) in [5.74, 6) is 0.882. The first-order chi connectivity index (χ1) is 9.67. The Hall–Kier alpha value is -0.0800. The number of nitrogens with one attached hydrogen (secondary N) is 1. The molecule has 2 aliphatic rings. The Morgan fingerprint density at radius 2 is 1.85 bits per heavy atom. The fraction of sp³-hybridized carbons (Fsp3) is 1.00. The molecule has 0 radical (unpaired) electrons. The Labute approximate surface area is 126 Å². The summed E-state index contributed by atoms with van der Waals surface area (Å²) in [5, 5.41) is 3.73. The van der Waals surface area contributed by atoms with E-state index >= 15 is 0 Å². The molecule has 2 rings (SSSR count). The molecule has 2 fully saturated rings. The van der Waals surface area contributed by atoms with Gasteiger partial charge in [-0.1, -0.05) is 33.1 Å². The maximum absolute atomic E-state index is 3.73. The van der Waals surface area contributed by atoms with Crippen LogP contribution in [0.1, 0.15) is 72.1 Å². The molecule has 1 aliphatic carbocycles. The molecular formula is C18H36N2. The van der Waals surface area contributed by atoms with Gasteiger partial charge in [0, 0.05) is 19.1 Å². The highest BCUT2D eigenvalue weighted by atomic mass is 15.2. The van der Waals surface area contributed by atoms with Crippen molar-refractivity contribution >= 4 is 0 Å². The van der Waals surface area contributed by atoms with Gasteiger partial charge in [0.1, 0.15) is 0 Å². The van der Waals surface area contributed by atoms with Crippen LogP contribution in [0, 0.1) is 11.3 Å². The number of rotatable bonds is 6. The molecule has 0 aromatic rings. The van der Waals surface area contributed by atoms with Crippen LogP contribution in [0.25, 0.3) is 0 Å². The summed E-state index contributed by atoms with van der Waals surface area (Å²) in [4.78, 5) is 2.81. The van der Waals surface area contributed by atoms with Crippen molar-refractivity contribution in [1.82, 2.24) is 10.2 Å². The van der Waals surface area contributed by atoms with Crippen molar-refractivity contribution in [3.63, 3.8) is 0 Å². The number of hydrogen-bond donors (Lipinski definition) is 1. The van der Waals surface area contributed by atoms with Crippen LogP contribution in [0.15, 0.2) is 0 Å². The summed E-state index contributed by atoms with van der Waals surface area (Å²) >= 11 is 0. The Kier molecular flexibility index (Phi) is 6.35. The van der Waals surface area contributed by atoms with Crippen molar-refractivity contribution in [3.05, 3.63) is 0 Å². The van der Waals surface area contributed by atoms with E-state index in [9.17, 15) is 0 Å². The normalized spacial score (nSPS) is 31.4. The Bertz CT molecular complexity index is 271. The second kappa shape index (κ2) is 7.79. The van der Waals surface area contributed by atoms with E-state index in [1.165, 1.54) is 77.5 Å². The molecule has 1 N–H and O–H groups in total. The largest absolute Gasteiger partial charge is 0.316 e. The lowest BCUT2D eigenvalue weighted by Crippen LogP contribution is -2.51. The van der Waals surface area contributed by atoms with Crippen LogP contribution in [0.4, 0.5) is 0 Å². The van der Waals surface area contributed by atoms with Gasteiger partial charge in [-0.15, -0.1) is 0 Å². The maximum Gasteiger partial charge on any atom is 0.00928 e. The van der Waals surface area contributed by atoms with Gasteiger partial charge in [0.2, 0.25) is 0 Å². The number of hydrogen-bond acceptors (Lipinski definition) is 2. The number of likely N-dealkylation sites (tertiary alicyclic amines) is 1. The molecule has 1 saturated carbocycles. The van der Waals surface area contributed by atoms with E-state index < -0.39 is 0 Å². The van der Waals surface area contributed by atoms with Gasteiger partial charge in [-0.3, -0.25) is 4.90 Å². The van der Waals surface area contributed by atoms with E-state index in [1.807, 2.05) is 0 Å². The van der Waals surface area contributed by atoms with Gasteiger partial charge in [-0.2, -0.15) is 0 Å². The third-order valence-electron chi connectivity index (χ3n) is 5.88. The number of nitrogens with zero attached hydrogens (tertiary/aromatic N) is 1. The van der Waals surface area contributed by atoms with Crippen LogP contribution in [0.3, 0.4) is 0 Å². The summed E-state index contributed by atoms with van der Waals surface area (Å²) in [6.07, 6.45) is 11.3. The molecule has 0 amide bonds. The molecule has 2 heteroatoms. The lowest BCUT2D eigenvalue weighted by molar-refractivity contribution is 0.0397. The summed E-state index contributed by atoms with van der Waals surface area (Å²) in [6, 6.07) is 0.786. The van der Waals surface area contributed by atoms with E-state index in [-0.39, 0.29) is 0 Å². The molecule has 0 aromatic carbocycles. The van der Waals surface area contributed by atoms with Crippen LogP contribution in [0.5, 0.6) is 0 Å². The lowest BCUT2D eigenvalue weighted by Gasteiger charge is -2.46. The topological polar surface area (TPSA) is 15.3 Å². The summed E-state index contributed by atoms with van der Waals surface area (Å²) in [6.45, 7) is 12.3. The van der Waals surface area contributed by atoms with Gasteiger partial charge in [0.25, 0.3) is 0 Å². The molecule has 20 heavy (non-hydrogen) atoms. The summed E-state index contributed by atoms with van der Waals surface area (Å²) in [5.41, 5.74) is 0.568. The average molecular weight is 280 g/mol. The van der Waals surface area contributed by atoms with Crippen molar-refractivity contribution in [2.45, 2.75) is 78.2 Å². The van der Waals surface area contributed by atoms with Gasteiger partial charge in [-0.05, 0) is 63.5 Å². The van der Waals surface area contributed by atoms with E-state index in [2.05, 4.69) is 31.0 Å². The predicted molar refractivity (Wildman–Crippen MR) is 88.1 cm³/mol. The third-order valence-corrected chi connectivity index (χ3v) is 5.88. The highest BCUT2D eigenvalue weighted by Gasteiger charge is 2.36. The van der Waals surface area contributed by atoms with Gasteiger partial charge in [0.15, 0.2) is 0 Å². The quantitative estimate of drug-likeness (QED) is 0.738. The van der Waals surface area contributed by atoms with Gasteiger partial charge in [-0.25, -0.2) is 0 Å². The molecule has 1 aliphatic heterocycles. The van der Waals surface area contributed by atoms with Crippen LogP contribution >= 0.6 is 0 Å². The molecule has 0 bridgehead atoms. The highest BCUT2D eigenvalue weighted by Crippen LogP contribution is 2.38. The number of piperidine rings is 1. The standard InChI is InChI=1S/C18H36N2/c1-4-12-19-14-18(10-6-5-7-11-18)15-20-13-8-9-16(2)17(20)3/h16-17,19H,4-15H2,1-3H3. The van der Waals surface area contributed by atoms with E-state index in [4.69, 9.17) is 0 Å². The van der Waals surface area contributed by atoms with Crippen molar-refractivity contribution in [1.29, 1.82) is 0 Å².